The number of ether oxygens (including phenoxy) is 4. The van der Waals surface area contributed by atoms with Crippen molar-refractivity contribution >= 4 is 17.9 Å². The molecule has 0 atom stereocenters. The molecule has 7 nitrogen and oxygen atoms in total. The summed E-state index contributed by atoms with van der Waals surface area (Å²) >= 11 is 0. The third-order valence-corrected chi connectivity index (χ3v) is 4.90. The van der Waals surface area contributed by atoms with E-state index < -0.39 is 11.9 Å². The van der Waals surface area contributed by atoms with Crippen LogP contribution in [0.4, 0.5) is 0 Å². The van der Waals surface area contributed by atoms with Crippen molar-refractivity contribution in [1.82, 2.24) is 0 Å². The Morgan fingerprint density at radius 1 is 1.10 bits per heavy atom. The summed E-state index contributed by atoms with van der Waals surface area (Å²) in [6.07, 6.45) is 4.02. The van der Waals surface area contributed by atoms with Crippen LogP contribution in [0.3, 0.4) is 0 Å². The van der Waals surface area contributed by atoms with Gasteiger partial charge in [-0.3, -0.25) is 9.59 Å². The zero-order valence-electron chi connectivity index (χ0n) is 17.7. The Balaban J connectivity index is 2.46. The topological polar surface area (TPSA) is 88.1 Å². The molecule has 0 saturated carbocycles. The minimum absolute atomic E-state index is 0.128. The Kier molecular flexibility index (Phi) is 7.82. The van der Waals surface area contributed by atoms with Crippen LogP contribution < -0.4 is 9.47 Å². The first-order valence-electron chi connectivity index (χ1n) is 9.66. The lowest BCUT2D eigenvalue weighted by atomic mass is 9.94. The van der Waals surface area contributed by atoms with Crippen molar-refractivity contribution in [2.24, 2.45) is 0 Å². The number of hydrogen-bond donors (Lipinski definition) is 0. The number of rotatable bonds is 9. The van der Waals surface area contributed by atoms with Gasteiger partial charge in [-0.15, -0.1) is 0 Å². The quantitative estimate of drug-likeness (QED) is 0.351. The molecule has 0 N–H and O–H groups in total. The molecule has 0 fully saturated rings. The Bertz CT molecular complexity index is 836. The highest BCUT2D eigenvalue weighted by Gasteiger charge is 2.34. The molecule has 1 aliphatic rings. The molecule has 0 radical (unpaired) electrons. The van der Waals surface area contributed by atoms with E-state index in [0.29, 0.717) is 41.7 Å². The number of carbonyl (C=O) groups excluding carboxylic acids is 3. The highest BCUT2D eigenvalue weighted by Crippen LogP contribution is 2.43. The standard InChI is InChI=1S/C22H28O7/c1-6-7-18(24)29-21-15(10-8-13(2)9-11-17(23)26-4)20(27-5)14(3)16-12-28-22(25)19(16)21/h8H,6-7,9-12H2,1-5H3/b13-8+. The molecule has 2 rings (SSSR count). The molecule has 0 amide bonds. The van der Waals surface area contributed by atoms with Crippen LogP contribution in [-0.4, -0.2) is 32.1 Å². The van der Waals surface area contributed by atoms with Gasteiger partial charge in [0.2, 0.25) is 0 Å². The molecule has 29 heavy (non-hydrogen) atoms. The first-order chi connectivity index (χ1) is 13.8. The molecule has 1 aliphatic heterocycles. The average molecular weight is 404 g/mol. The number of benzene rings is 1. The third-order valence-electron chi connectivity index (χ3n) is 4.90. The minimum Gasteiger partial charge on any atom is -0.496 e. The largest absolute Gasteiger partial charge is 0.496 e. The Hall–Kier alpha value is -2.83. The van der Waals surface area contributed by atoms with Crippen LogP contribution in [0, 0.1) is 6.92 Å². The summed E-state index contributed by atoms with van der Waals surface area (Å²) in [5.74, 6) is -0.412. The van der Waals surface area contributed by atoms with Gasteiger partial charge < -0.3 is 18.9 Å². The van der Waals surface area contributed by atoms with E-state index in [1.165, 1.54) is 7.11 Å². The zero-order valence-corrected chi connectivity index (χ0v) is 17.7. The number of allylic oxidation sites excluding steroid dienone is 2. The number of esters is 3. The van der Waals surface area contributed by atoms with Crippen molar-refractivity contribution in [1.29, 1.82) is 0 Å². The second kappa shape index (κ2) is 10.1. The molecular formula is C22H28O7. The maximum atomic E-state index is 12.4. The van der Waals surface area contributed by atoms with E-state index in [1.807, 2.05) is 26.8 Å². The van der Waals surface area contributed by atoms with Gasteiger partial charge in [-0.05, 0) is 38.7 Å². The van der Waals surface area contributed by atoms with Crippen molar-refractivity contribution in [2.45, 2.75) is 59.5 Å². The monoisotopic (exact) mass is 404 g/mol. The number of cyclic esters (lactones) is 1. The molecule has 1 heterocycles. The summed E-state index contributed by atoms with van der Waals surface area (Å²) < 4.78 is 21.1. The second-order valence-corrected chi connectivity index (χ2v) is 6.95. The summed E-state index contributed by atoms with van der Waals surface area (Å²) in [4.78, 5) is 35.9. The molecule has 7 heteroatoms. The predicted octanol–water partition coefficient (Wildman–Crippen LogP) is 3.82. The fourth-order valence-corrected chi connectivity index (χ4v) is 3.27. The Morgan fingerprint density at radius 2 is 1.83 bits per heavy atom. The van der Waals surface area contributed by atoms with Crippen LogP contribution in [0.5, 0.6) is 11.5 Å². The summed E-state index contributed by atoms with van der Waals surface area (Å²) in [7, 11) is 2.90. The second-order valence-electron chi connectivity index (χ2n) is 6.95. The van der Waals surface area contributed by atoms with Crippen molar-refractivity contribution in [2.75, 3.05) is 14.2 Å². The highest BCUT2D eigenvalue weighted by molar-refractivity contribution is 5.99. The lowest BCUT2D eigenvalue weighted by molar-refractivity contribution is -0.140. The van der Waals surface area contributed by atoms with Crippen LogP contribution in [0.2, 0.25) is 0 Å². The molecule has 1 aromatic carbocycles. The van der Waals surface area contributed by atoms with Gasteiger partial charge in [0.05, 0.1) is 14.2 Å². The predicted molar refractivity (Wildman–Crippen MR) is 106 cm³/mol. The van der Waals surface area contributed by atoms with Crippen molar-refractivity contribution in [3.63, 3.8) is 0 Å². The van der Waals surface area contributed by atoms with Crippen LogP contribution >= 0.6 is 0 Å². The molecule has 1 aromatic rings. The van der Waals surface area contributed by atoms with Crippen LogP contribution in [0.1, 0.15) is 66.6 Å². The number of hydrogen-bond acceptors (Lipinski definition) is 7. The van der Waals surface area contributed by atoms with E-state index >= 15 is 0 Å². The van der Waals surface area contributed by atoms with Gasteiger partial charge in [0.1, 0.15) is 17.9 Å². The van der Waals surface area contributed by atoms with Crippen LogP contribution in [0.15, 0.2) is 11.6 Å². The van der Waals surface area contributed by atoms with E-state index in [-0.39, 0.29) is 31.2 Å². The van der Waals surface area contributed by atoms with E-state index in [0.717, 1.165) is 11.1 Å². The molecule has 0 aromatic heterocycles. The van der Waals surface area contributed by atoms with Gasteiger partial charge in [0, 0.05) is 24.0 Å². The van der Waals surface area contributed by atoms with Crippen molar-refractivity contribution in [3.8, 4) is 11.5 Å². The smallest absolute Gasteiger partial charge is 0.342 e. The van der Waals surface area contributed by atoms with Crippen LogP contribution in [-0.2, 0) is 32.1 Å². The summed E-state index contributed by atoms with van der Waals surface area (Å²) in [6, 6.07) is 0. The van der Waals surface area contributed by atoms with Gasteiger partial charge in [-0.25, -0.2) is 4.79 Å². The number of fused-ring (bicyclic) bond motifs is 1. The van der Waals surface area contributed by atoms with E-state index in [4.69, 9.17) is 14.2 Å². The number of carbonyl (C=O) groups is 3. The Morgan fingerprint density at radius 3 is 2.45 bits per heavy atom. The van der Waals surface area contributed by atoms with E-state index in [2.05, 4.69) is 4.74 Å². The van der Waals surface area contributed by atoms with Gasteiger partial charge in [-0.1, -0.05) is 18.6 Å². The van der Waals surface area contributed by atoms with Crippen LogP contribution in [0.25, 0.3) is 0 Å². The maximum Gasteiger partial charge on any atom is 0.342 e. The maximum absolute atomic E-state index is 12.4. The summed E-state index contributed by atoms with van der Waals surface area (Å²) in [6.45, 7) is 5.77. The normalized spacial score (nSPS) is 13.0. The summed E-state index contributed by atoms with van der Waals surface area (Å²) in [5, 5.41) is 0. The molecule has 0 bridgehead atoms. The SMILES string of the molecule is CCCC(=O)Oc1c(C/C=C(\C)CCC(=O)OC)c(OC)c(C)c2c1C(=O)OC2. The average Bonchev–Trinajstić information content (AvgIpc) is 3.08. The van der Waals surface area contributed by atoms with E-state index in [9.17, 15) is 14.4 Å². The number of methoxy groups -OCH3 is 2. The third kappa shape index (κ3) is 5.16. The fraction of sp³-hybridized carbons (Fsp3) is 0.500. The first kappa shape index (κ1) is 22.5. The lowest BCUT2D eigenvalue weighted by Gasteiger charge is -2.18. The Labute approximate surface area is 171 Å². The van der Waals surface area contributed by atoms with E-state index in [1.54, 1.807) is 7.11 Å². The van der Waals surface area contributed by atoms with Gasteiger partial charge in [0.25, 0.3) is 0 Å². The van der Waals surface area contributed by atoms with Crippen molar-refractivity contribution < 1.29 is 33.3 Å². The lowest BCUT2D eigenvalue weighted by Crippen LogP contribution is -2.14. The fourth-order valence-electron chi connectivity index (χ4n) is 3.27. The van der Waals surface area contributed by atoms with Gasteiger partial charge in [-0.2, -0.15) is 0 Å². The summed E-state index contributed by atoms with van der Waals surface area (Å²) in [5.41, 5.74) is 3.36. The van der Waals surface area contributed by atoms with Gasteiger partial charge >= 0.3 is 17.9 Å². The molecule has 0 unspecified atom stereocenters. The zero-order chi connectivity index (χ0) is 21.6. The molecule has 158 valence electrons. The van der Waals surface area contributed by atoms with Crippen molar-refractivity contribution in [3.05, 3.63) is 33.9 Å². The molecular weight excluding hydrogens is 376 g/mol. The molecule has 0 spiro atoms. The first-order valence-corrected chi connectivity index (χ1v) is 9.66. The van der Waals surface area contributed by atoms with Gasteiger partial charge in [0.15, 0.2) is 5.75 Å². The minimum atomic E-state index is -0.502. The molecule has 0 aliphatic carbocycles. The molecule has 0 saturated heterocycles. The highest BCUT2D eigenvalue weighted by atomic mass is 16.6.